The van der Waals surface area contributed by atoms with Gasteiger partial charge in [0, 0.05) is 10.9 Å². The number of aryl methyl sites for hydroxylation is 1. The Bertz CT molecular complexity index is 1250. The van der Waals surface area contributed by atoms with Crippen LogP contribution in [0.2, 0.25) is 10.0 Å². The Balaban J connectivity index is 2.00. The highest BCUT2D eigenvalue weighted by Crippen LogP contribution is 2.34. The zero-order valence-electron chi connectivity index (χ0n) is 18.3. The van der Waals surface area contributed by atoms with Gasteiger partial charge >= 0.3 is 5.97 Å². The molecule has 0 aliphatic heterocycles. The number of methoxy groups -OCH3 is 1. The second kappa shape index (κ2) is 11.1. The molecule has 2 aromatic carbocycles. The molecule has 7 nitrogen and oxygen atoms in total. The molecule has 0 bridgehead atoms. The average Bonchev–Trinajstić information content (AvgIpc) is 2.79. The maximum atomic E-state index is 13.2. The van der Waals surface area contributed by atoms with Crippen molar-refractivity contribution in [1.82, 2.24) is 9.66 Å². The van der Waals surface area contributed by atoms with Gasteiger partial charge in [-0.1, -0.05) is 52.5 Å². The molecule has 1 aromatic heterocycles. The molecule has 33 heavy (non-hydrogen) atoms. The van der Waals surface area contributed by atoms with Crippen LogP contribution >= 0.6 is 39.1 Å². The predicted molar refractivity (Wildman–Crippen MR) is 134 cm³/mol. The first-order valence-corrected chi connectivity index (χ1v) is 11.8. The molecule has 0 aliphatic carbocycles. The van der Waals surface area contributed by atoms with Gasteiger partial charge in [-0.3, -0.25) is 4.79 Å². The number of rotatable bonds is 8. The molecule has 0 N–H and O–H groups in total. The molecular weight excluding hydrogens is 533 g/mol. The predicted octanol–water partition coefficient (Wildman–Crippen LogP) is 5.63. The molecule has 10 heteroatoms. The van der Waals surface area contributed by atoms with Crippen molar-refractivity contribution in [3.8, 4) is 5.75 Å². The van der Waals surface area contributed by atoms with Gasteiger partial charge in [0.2, 0.25) is 0 Å². The van der Waals surface area contributed by atoms with Crippen LogP contribution in [0.4, 0.5) is 0 Å². The second-order valence-electron chi connectivity index (χ2n) is 7.25. The molecule has 0 saturated carbocycles. The number of benzene rings is 2. The molecule has 0 spiro atoms. The number of hydrogen-bond donors (Lipinski definition) is 0. The van der Waals surface area contributed by atoms with Crippen LogP contribution in [-0.4, -0.2) is 35.1 Å². The molecule has 1 atom stereocenters. The van der Waals surface area contributed by atoms with E-state index in [9.17, 15) is 9.59 Å². The summed E-state index contributed by atoms with van der Waals surface area (Å²) < 4.78 is 12.3. The number of aromatic nitrogens is 2. The molecule has 3 rings (SSSR count). The van der Waals surface area contributed by atoms with Crippen LogP contribution in [0.15, 0.2) is 44.7 Å². The Kier molecular flexibility index (Phi) is 8.51. The Labute approximate surface area is 209 Å². The first kappa shape index (κ1) is 25.2. The topological polar surface area (TPSA) is 82.8 Å². The number of esters is 1. The minimum atomic E-state index is -0.882. The highest BCUT2D eigenvalue weighted by molar-refractivity contribution is 9.10. The van der Waals surface area contributed by atoms with Crippen LogP contribution in [0.5, 0.6) is 5.75 Å². The number of hydrogen-bond acceptors (Lipinski definition) is 6. The smallest absolute Gasteiger partial charge is 0.346 e. The van der Waals surface area contributed by atoms with Crippen molar-refractivity contribution in [3.63, 3.8) is 0 Å². The second-order valence-corrected chi connectivity index (χ2v) is 8.98. The van der Waals surface area contributed by atoms with Gasteiger partial charge in [-0.15, -0.1) is 0 Å². The van der Waals surface area contributed by atoms with E-state index >= 15 is 0 Å². The quantitative estimate of drug-likeness (QED) is 0.266. The van der Waals surface area contributed by atoms with Crippen LogP contribution in [0.25, 0.3) is 10.9 Å². The average molecular weight is 555 g/mol. The van der Waals surface area contributed by atoms with E-state index in [-0.39, 0.29) is 21.4 Å². The van der Waals surface area contributed by atoms with Gasteiger partial charge in [-0.05, 0) is 49.2 Å². The lowest BCUT2D eigenvalue weighted by Gasteiger charge is -2.15. The summed E-state index contributed by atoms with van der Waals surface area (Å²) in [5.41, 5.74) is 0.895. The Morgan fingerprint density at radius 2 is 1.97 bits per heavy atom. The van der Waals surface area contributed by atoms with Crippen molar-refractivity contribution < 1.29 is 14.3 Å². The lowest BCUT2D eigenvalue weighted by atomic mass is 10.2. The van der Waals surface area contributed by atoms with Crippen LogP contribution in [0.1, 0.15) is 38.1 Å². The fourth-order valence-corrected chi connectivity index (χ4v) is 4.05. The summed E-state index contributed by atoms with van der Waals surface area (Å²) in [5, 5.41) is 5.24. The lowest BCUT2D eigenvalue weighted by Crippen LogP contribution is -2.25. The first-order valence-electron chi connectivity index (χ1n) is 10.2. The van der Waals surface area contributed by atoms with Crippen molar-refractivity contribution in [3.05, 3.63) is 66.6 Å². The molecule has 174 valence electrons. The minimum absolute atomic E-state index is 0.159. The van der Waals surface area contributed by atoms with Crippen molar-refractivity contribution in [2.24, 2.45) is 5.10 Å². The normalized spacial score (nSPS) is 12.3. The molecule has 1 heterocycles. The van der Waals surface area contributed by atoms with E-state index in [0.29, 0.717) is 28.7 Å². The van der Waals surface area contributed by atoms with E-state index in [0.717, 1.165) is 17.3 Å². The van der Waals surface area contributed by atoms with E-state index < -0.39 is 12.1 Å². The standard InChI is InChI=1S/C23H22BrCl2N3O4/c1-4-5-6-20-28-19-8-7-15(24)11-16(19)22(30)29(20)27-12-14-9-17(25)21(18(26)10-14)33-13(2)23(31)32-3/h7-13H,4-6H2,1-3H3/t13-/m0/s1. The minimum Gasteiger partial charge on any atom is -0.476 e. The third-order valence-corrected chi connectivity index (χ3v) is 5.85. The summed E-state index contributed by atoms with van der Waals surface area (Å²) in [7, 11) is 1.27. The Morgan fingerprint density at radius 1 is 1.27 bits per heavy atom. The van der Waals surface area contributed by atoms with E-state index in [1.54, 1.807) is 24.3 Å². The van der Waals surface area contributed by atoms with Crippen LogP contribution in [-0.2, 0) is 16.0 Å². The number of carbonyl (C=O) groups excluding carboxylic acids is 1. The fraction of sp³-hybridized carbons (Fsp3) is 0.304. The highest BCUT2D eigenvalue weighted by Gasteiger charge is 2.19. The van der Waals surface area contributed by atoms with E-state index in [2.05, 4.69) is 37.7 Å². The van der Waals surface area contributed by atoms with Gasteiger partial charge in [-0.2, -0.15) is 9.78 Å². The molecule has 0 amide bonds. The Morgan fingerprint density at radius 3 is 2.61 bits per heavy atom. The molecule has 0 aliphatic rings. The van der Waals surface area contributed by atoms with Crippen LogP contribution < -0.4 is 10.3 Å². The fourth-order valence-electron chi connectivity index (χ4n) is 3.09. The van der Waals surface area contributed by atoms with E-state index in [4.69, 9.17) is 27.9 Å². The monoisotopic (exact) mass is 553 g/mol. The third-order valence-electron chi connectivity index (χ3n) is 4.80. The summed E-state index contributed by atoms with van der Waals surface area (Å²) in [6.07, 6.45) is 3.02. The summed E-state index contributed by atoms with van der Waals surface area (Å²) in [5.74, 6) is 0.172. The zero-order chi connectivity index (χ0) is 24.1. The number of carbonyl (C=O) groups is 1. The van der Waals surface area contributed by atoms with Gasteiger partial charge in [0.25, 0.3) is 5.56 Å². The lowest BCUT2D eigenvalue weighted by molar-refractivity contribution is -0.147. The first-order chi connectivity index (χ1) is 15.7. The molecule has 0 radical (unpaired) electrons. The van der Waals surface area contributed by atoms with Gasteiger partial charge in [0.05, 0.1) is 34.3 Å². The Hall–Kier alpha value is -2.42. The highest BCUT2D eigenvalue weighted by atomic mass is 79.9. The van der Waals surface area contributed by atoms with Crippen molar-refractivity contribution in [1.29, 1.82) is 0 Å². The number of ether oxygens (including phenoxy) is 2. The van der Waals surface area contributed by atoms with Crippen molar-refractivity contribution >= 4 is 62.2 Å². The van der Waals surface area contributed by atoms with E-state index in [1.807, 2.05) is 6.07 Å². The van der Waals surface area contributed by atoms with Crippen molar-refractivity contribution in [2.75, 3.05) is 7.11 Å². The maximum Gasteiger partial charge on any atom is 0.346 e. The van der Waals surface area contributed by atoms with Crippen molar-refractivity contribution in [2.45, 2.75) is 39.2 Å². The largest absolute Gasteiger partial charge is 0.476 e. The SMILES string of the molecule is CCCCc1nc2ccc(Br)cc2c(=O)n1N=Cc1cc(Cl)c(O[C@@H](C)C(=O)OC)c(Cl)c1. The molecule has 3 aromatic rings. The van der Waals surface area contributed by atoms with Gasteiger partial charge in [-0.25, -0.2) is 9.78 Å². The summed E-state index contributed by atoms with van der Waals surface area (Å²) in [4.78, 5) is 29.4. The molecule has 0 fully saturated rings. The van der Waals surface area contributed by atoms with Gasteiger partial charge < -0.3 is 9.47 Å². The number of nitrogens with zero attached hydrogens (tertiary/aromatic N) is 3. The van der Waals surface area contributed by atoms with Gasteiger partial charge in [0.1, 0.15) is 5.82 Å². The molecular formula is C23H22BrCl2N3O4. The summed E-state index contributed by atoms with van der Waals surface area (Å²) in [6.45, 7) is 3.60. The third kappa shape index (κ3) is 5.93. The molecule has 0 saturated heterocycles. The van der Waals surface area contributed by atoms with E-state index in [1.165, 1.54) is 24.9 Å². The van der Waals surface area contributed by atoms with Gasteiger partial charge in [0.15, 0.2) is 11.9 Å². The maximum absolute atomic E-state index is 13.2. The molecule has 0 unspecified atom stereocenters. The number of unbranched alkanes of at least 4 members (excludes halogenated alkanes) is 1. The number of fused-ring (bicyclic) bond motifs is 1. The summed E-state index contributed by atoms with van der Waals surface area (Å²) >= 11 is 16.0. The van der Waals surface area contributed by atoms with Crippen LogP contribution in [0.3, 0.4) is 0 Å². The van der Waals surface area contributed by atoms with Crippen LogP contribution in [0, 0.1) is 0 Å². The zero-order valence-corrected chi connectivity index (χ0v) is 21.4. The number of halogens is 3. The summed E-state index contributed by atoms with van der Waals surface area (Å²) in [6, 6.07) is 8.54.